The number of fused-ring (bicyclic) bond motifs is 1. The van der Waals surface area contributed by atoms with Crippen molar-refractivity contribution in [3.05, 3.63) is 30.0 Å². The van der Waals surface area contributed by atoms with Gasteiger partial charge in [0.1, 0.15) is 6.54 Å². The summed E-state index contributed by atoms with van der Waals surface area (Å²) in [6, 6.07) is 7.35. The van der Waals surface area contributed by atoms with Gasteiger partial charge in [-0.3, -0.25) is 14.7 Å². The molecule has 2 aromatic rings. The number of H-pyrrole nitrogens is 1. The molecule has 3 rings (SSSR count). The summed E-state index contributed by atoms with van der Waals surface area (Å²) in [4.78, 5) is 28.6. The molecular weight excluding hydrogens is 330 g/mol. The van der Waals surface area contributed by atoms with Crippen molar-refractivity contribution >= 4 is 22.7 Å². The third-order valence-electron chi connectivity index (χ3n) is 4.60. The van der Waals surface area contributed by atoms with Gasteiger partial charge < -0.3 is 9.80 Å². The summed E-state index contributed by atoms with van der Waals surface area (Å²) in [7, 11) is 0. The molecule has 1 N–H and O–H groups in total. The van der Waals surface area contributed by atoms with Crippen molar-refractivity contribution in [3.8, 4) is 18.4 Å². The van der Waals surface area contributed by atoms with Crippen LogP contribution in [0.2, 0.25) is 0 Å². The van der Waals surface area contributed by atoms with Gasteiger partial charge in [-0.05, 0) is 31.0 Å². The zero-order valence-electron chi connectivity index (χ0n) is 14.3. The maximum Gasteiger partial charge on any atom is 0.253 e. The topological polar surface area (TPSA) is 93.1 Å². The number of nitrogens with zero attached hydrogens (tertiary/aromatic N) is 4. The third kappa shape index (κ3) is 3.52. The maximum atomic E-state index is 12.8. The van der Waals surface area contributed by atoms with Crippen LogP contribution in [0.4, 0.5) is 0 Å². The average Bonchev–Trinajstić information content (AvgIpc) is 3.14. The van der Waals surface area contributed by atoms with Crippen molar-refractivity contribution in [1.29, 1.82) is 5.26 Å². The number of likely N-dealkylation sites (tertiary alicyclic amines) is 1. The maximum absolute atomic E-state index is 12.8. The van der Waals surface area contributed by atoms with Gasteiger partial charge in [-0.1, -0.05) is 5.92 Å². The van der Waals surface area contributed by atoms with Crippen LogP contribution in [0.3, 0.4) is 0 Å². The van der Waals surface area contributed by atoms with Crippen LogP contribution in [0.1, 0.15) is 23.2 Å². The van der Waals surface area contributed by atoms with E-state index in [0.29, 0.717) is 25.1 Å². The van der Waals surface area contributed by atoms with Crippen LogP contribution >= 0.6 is 0 Å². The van der Waals surface area contributed by atoms with Gasteiger partial charge in [-0.2, -0.15) is 10.4 Å². The summed E-state index contributed by atoms with van der Waals surface area (Å²) >= 11 is 0. The van der Waals surface area contributed by atoms with Crippen LogP contribution in [0.25, 0.3) is 10.9 Å². The molecule has 0 bridgehead atoms. The number of nitriles is 1. The van der Waals surface area contributed by atoms with E-state index in [4.69, 9.17) is 11.7 Å². The molecule has 2 heterocycles. The van der Waals surface area contributed by atoms with Crippen molar-refractivity contribution < 1.29 is 9.59 Å². The van der Waals surface area contributed by atoms with Gasteiger partial charge >= 0.3 is 0 Å². The number of aromatic nitrogens is 2. The molecule has 0 spiro atoms. The number of amides is 2. The molecule has 0 unspecified atom stereocenters. The predicted octanol–water partition coefficient (Wildman–Crippen LogP) is 1.40. The van der Waals surface area contributed by atoms with Gasteiger partial charge in [0.2, 0.25) is 5.91 Å². The van der Waals surface area contributed by atoms with Gasteiger partial charge in [-0.15, -0.1) is 6.42 Å². The monoisotopic (exact) mass is 349 g/mol. The lowest BCUT2D eigenvalue weighted by Gasteiger charge is -2.34. The Bertz CT molecular complexity index is 889. The molecular formula is C19H19N5O2. The van der Waals surface area contributed by atoms with Crippen molar-refractivity contribution in [2.45, 2.75) is 12.8 Å². The molecule has 1 fully saturated rings. The summed E-state index contributed by atoms with van der Waals surface area (Å²) in [5.74, 6) is 1.82. The minimum absolute atomic E-state index is 0.0371. The largest absolute Gasteiger partial charge is 0.338 e. The van der Waals surface area contributed by atoms with Gasteiger partial charge in [-0.25, -0.2) is 0 Å². The fraction of sp³-hybridized carbons (Fsp3) is 0.368. The van der Waals surface area contributed by atoms with Crippen molar-refractivity contribution in [3.63, 3.8) is 0 Å². The van der Waals surface area contributed by atoms with Crippen molar-refractivity contribution in [2.24, 2.45) is 5.92 Å². The summed E-state index contributed by atoms with van der Waals surface area (Å²) in [5.41, 5.74) is 1.44. The first-order valence-corrected chi connectivity index (χ1v) is 8.45. The second-order valence-electron chi connectivity index (χ2n) is 6.32. The van der Waals surface area contributed by atoms with Crippen LogP contribution in [0.15, 0.2) is 24.4 Å². The molecule has 132 valence electrons. The second-order valence-corrected chi connectivity index (χ2v) is 6.32. The molecule has 1 aromatic carbocycles. The zero-order valence-corrected chi connectivity index (χ0v) is 14.3. The predicted molar refractivity (Wildman–Crippen MR) is 95.7 cm³/mol. The number of carbonyl (C=O) groups excluding carboxylic acids is 2. The standard InChI is InChI=1S/C19H19N5O2/c1-2-8-23(10-7-20)19(26)15-4-3-9-24(13-15)18(25)14-5-6-17-16(11-14)12-21-22-17/h1,5-6,11-12,15H,3-4,8-10,13H2,(H,21,22)/t15-/m0/s1. The number of rotatable bonds is 4. The molecule has 7 nitrogen and oxygen atoms in total. The number of benzene rings is 1. The first-order valence-electron chi connectivity index (χ1n) is 8.45. The normalized spacial score (nSPS) is 16.7. The van der Waals surface area contributed by atoms with E-state index in [0.717, 1.165) is 17.3 Å². The van der Waals surface area contributed by atoms with E-state index < -0.39 is 0 Å². The lowest BCUT2D eigenvalue weighted by atomic mass is 9.95. The minimum Gasteiger partial charge on any atom is -0.338 e. The molecule has 26 heavy (non-hydrogen) atoms. The Labute approximate surface area is 151 Å². The highest BCUT2D eigenvalue weighted by atomic mass is 16.2. The molecule has 7 heteroatoms. The van der Waals surface area contributed by atoms with E-state index in [1.165, 1.54) is 4.90 Å². The van der Waals surface area contributed by atoms with Crippen molar-refractivity contribution in [1.82, 2.24) is 20.0 Å². The number of carbonyl (C=O) groups is 2. The highest BCUT2D eigenvalue weighted by molar-refractivity contribution is 5.98. The molecule has 1 aromatic heterocycles. The van der Waals surface area contributed by atoms with E-state index in [1.807, 2.05) is 12.1 Å². The average molecular weight is 349 g/mol. The summed E-state index contributed by atoms with van der Waals surface area (Å²) in [5, 5.41) is 16.6. The Morgan fingerprint density at radius 3 is 3.04 bits per heavy atom. The Hall–Kier alpha value is -3.32. The lowest BCUT2D eigenvalue weighted by molar-refractivity contribution is -0.135. The third-order valence-corrected chi connectivity index (χ3v) is 4.60. The summed E-state index contributed by atoms with van der Waals surface area (Å²) in [6.07, 6.45) is 8.40. The fourth-order valence-electron chi connectivity index (χ4n) is 3.29. The van der Waals surface area contributed by atoms with Crippen LogP contribution in [-0.2, 0) is 4.79 Å². The van der Waals surface area contributed by atoms with Crippen LogP contribution < -0.4 is 0 Å². The van der Waals surface area contributed by atoms with E-state index in [2.05, 4.69) is 16.1 Å². The number of terminal acetylenes is 1. The fourth-order valence-corrected chi connectivity index (χ4v) is 3.29. The zero-order chi connectivity index (χ0) is 18.5. The second kappa shape index (κ2) is 7.71. The van der Waals surface area contributed by atoms with Crippen LogP contribution in [-0.4, -0.2) is 58.0 Å². The number of hydrogen-bond acceptors (Lipinski definition) is 4. The molecule has 1 aliphatic heterocycles. The molecule has 0 radical (unpaired) electrons. The number of nitrogens with one attached hydrogen (secondary N) is 1. The molecule has 1 saturated heterocycles. The number of aromatic amines is 1. The number of hydrogen-bond donors (Lipinski definition) is 1. The van der Waals surface area contributed by atoms with Crippen molar-refractivity contribution in [2.75, 3.05) is 26.2 Å². The Morgan fingerprint density at radius 2 is 2.27 bits per heavy atom. The Kier molecular flexibility index (Phi) is 5.19. The molecule has 2 amide bonds. The molecule has 1 aliphatic rings. The van der Waals surface area contributed by atoms with Gasteiger partial charge in [0.25, 0.3) is 5.91 Å². The quantitative estimate of drug-likeness (QED) is 0.667. The van der Waals surface area contributed by atoms with E-state index >= 15 is 0 Å². The first kappa shape index (κ1) is 17.5. The van der Waals surface area contributed by atoms with E-state index in [9.17, 15) is 9.59 Å². The number of piperidine rings is 1. The lowest BCUT2D eigenvalue weighted by Crippen LogP contribution is -2.47. The summed E-state index contributed by atoms with van der Waals surface area (Å²) < 4.78 is 0. The molecule has 0 aliphatic carbocycles. The van der Waals surface area contributed by atoms with E-state index in [-0.39, 0.29) is 30.8 Å². The smallest absolute Gasteiger partial charge is 0.253 e. The van der Waals surface area contributed by atoms with Crippen LogP contribution in [0.5, 0.6) is 0 Å². The van der Waals surface area contributed by atoms with Gasteiger partial charge in [0, 0.05) is 24.0 Å². The highest BCUT2D eigenvalue weighted by Crippen LogP contribution is 2.22. The first-order chi connectivity index (χ1) is 12.6. The Morgan fingerprint density at radius 1 is 1.42 bits per heavy atom. The SMILES string of the molecule is C#CCN(CC#N)C(=O)[C@H]1CCCN(C(=O)c2ccc3[nH]ncc3c2)C1. The van der Waals surface area contributed by atoms with E-state index in [1.54, 1.807) is 23.2 Å². The molecule has 1 atom stereocenters. The Balaban J connectivity index is 1.73. The molecule has 0 saturated carbocycles. The summed E-state index contributed by atoms with van der Waals surface area (Å²) in [6.45, 7) is 1.02. The highest BCUT2D eigenvalue weighted by Gasteiger charge is 2.31. The van der Waals surface area contributed by atoms with Gasteiger partial charge in [0.15, 0.2) is 0 Å². The minimum atomic E-state index is -0.327. The van der Waals surface area contributed by atoms with Gasteiger partial charge in [0.05, 0.1) is 30.2 Å². The van der Waals surface area contributed by atoms with Crippen LogP contribution in [0, 0.1) is 29.6 Å².